The molecule has 0 saturated heterocycles. The first-order valence-electron chi connectivity index (χ1n) is 9.88. The average Bonchev–Trinajstić information content (AvgIpc) is 2.70. The smallest absolute Gasteiger partial charge is 0.321 e. The Morgan fingerprint density at radius 3 is 2.44 bits per heavy atom. The molecule has 5 nitrogen and oxygen atoms in total. The molecule has 0 heterocycles. The average molecular weight is 493 g/mol. The molecule has 1 amide bonds. The standard InChI is InChI=1S/C21H21ClF4N2O3S/c1-12-4-2-3-5-18(12)28-32(30,31)14-7-8-17(23)15(11-14)20(29)27-19-9-6-13(22)10-16(19)21(24,25)26/h6-12,18,28H,2-5H2,1H3,(H,27,29). The first-order valence-corrected chi connectivity index (χ1v) is 11.7. The van der Waals surface area contributed by atoms with Crippen molar-refractivity contribution in [1.29, 1.82) is 0 Å². The molecule has 1 aliphatic carbocycles. The highest BCUT2D eigenvalue weighted by molar-refractivity contribution is 7.89. The summed E-state index contributed by atoms with van der Waals surface area (Å²) in [5.41, 5.74) is -2.54. The van der Waals surface area contributed by atoms with Gasteiger partial charge in [-0.15, -0.1) is 0 Å². The molecule has 2 unspecified atom stereocenters. The molecule has 0 aliphatic heterocycles. The maximum atomic E-state index is 14.3. The van der Waals surface area contributed by atoms with Gasteiger partial charge in [-0.05, 0) is 55.2 Å². The Kier molecular flexibility index (Phi) is 7.16. The number of anilines is 1. The number of carbonyl (C=O) groups excluding carboxylic acids is 1. The zero-order valence-electron chi connectivity index (χ0n) is 17.0. The summed E-state index contributed by atoms with van der Waals surface area (Å²) < 4.78 is 82.3. The topological polar surface area (TPSA) is 75.3 Å². The van der Waals surface area contributed by atoms with E-state index in [9.17, 15) is 30.8 Å². The highest BCUT2D eigenvalue weighted by Crippen LogP contribution is 2.36. The predicted molar refractivity (Wildman–Crippen MR) is 113 cm³/mol. The number of amides is 1. The van der Waals surface area contributed by atoms with Gasteiger partial charge in [-0.25, -0.2) is 17.5 Å². The van der Waals surface area contributed by atoms with Gasteiger partial charge in [0.25, 0.3) is 5.91 Å². The van der Waals surface area contributed by atoms with Crippen molar-refractivity contribution in [2.24, 2.45) is 5.92 Å². The second-order valence-corrected chi connectivity index (χ2v) is 9.92. The molecule has 2 aromatic rings. The van der Waals surface area contributed by atoms with Crippen LogP contribution >= 0.6 is 11.6 Å². The Morgan fingerprint density at radius 1 is 1.09 bits per heavy atom. The van der Waals surface area contributed by atoms with Crippen LogP contribution in [0.5, 0.6) is 0 Å². The van der Waals surface area contributed by atoms with E-state index in [4.69, 9.17) is 11.6 Å². The highest BCUT2D eigenvalue weighted by atomic mass is 35.5. The quantitative estimate of drug-likeness (QED) is 0.533. The Balaban J connectivity index is 1.88. The Hall–Kier alpha value is -2.17. The minimum atomic E-state index is -4.82. The normalized spacial score (nSPS) is 19.6. The van der Waals surface area contributed by atoms with E-state index in [1.165, 1.54) is 0 Å². The van der Waals surface area contributed by atoms with Crippen molar-refractivity contribution in [2.45, 2.75) is 49.7 Å². The van der Waals surface area contributed by atoms with Crippen molar-refractivity contribution < 1.29 is 30.8 Å². The van der Waals surface area contributed by atoms with Crippen molar-refractivity contribution in [2.75, 3.05) is 5.32 Å². The van der Waals surface area contributed by atoms with E-state index in [1.54, 1.807) is 0 Å². The summed E-state index contributed by atoms with van der Waals surface area (Å²) in [4.78, 5) is 12.2. The van der Waals surface area contributed by atoms with Crippen LogP contribution in [0.3, 0.4) is 0 Å². The lowest BCUT2D eigenvalue weighted by Gasteiger charge is -2.29. The number of sulfonamides is 1. The van der Waals surface area contributed by atoms with Crippen molar-refractivity contribution >= 4 is 33.2 Å². The molecule has 2 aromatic carbocycles. The summed E-state index contributed by atoms with van der Waals surface area (Å²) >= 11 is 5.62. The minimum Gasteiger partial charge on any atom is -0.321 e. The van der Waals surface area contributed by atoms with E-state index in [0.29, 0.717) is 12.5 Å². The summed E-state index contributed by atoms with van der Waals surface area (Å²) in [6, 6.07) is 5.02. The molecule has 1 saturated carbocycles. The van der Waals surface area contributed by atoms with E-state index in [1.807, 2.05) is 12.2 Å². The summed E-state index contributed by atoms with van der Waals surface area (Å²) in [6.45, 7) is 1.93. The lowest BCUT2D eigenvalue weighted by molar-refractivity contribution is -0.136. The van der Waals surface area contributed by atoms with E-state index in [2.05, 4.69) is 4.72 Å². The van der Waals surface area contributed by atoms with Gasteiger partial charge >= 0.3 is 6.18 Å². The van der Waals surface area contributed by atoms with Crippen LogP contribution in [0.1, 0.15) is 48.5 Å². The highest BCUT2D eigenvalue weighted by Gasteiger charge is 2.34. The third kappa shape index (κ3) is 5.60. The van der Waals surface area contributed by atoms with Crippen molar-refractivity contribution in [3.63, 3.8) is 0 Å². The fourth-order valence-electron chi connectivity index (χ4n) is 3.65. The van der Waals surface area contributed by atoms with Crippen LogP contribution < -0.4 is 10.0 Å². The zero-order valence-corrected chi connectivity index (χ0v) is 18.5. The van der Waals surface area contributed by atoms with Crippen LogP contribution in [0.15, 0.2) is 41.3 Å². The van der Waals surface area contributed by atoms with E-state index < -0.39 is 44.7 Å². The summed E-state index contributed by atoms with van der Waals surface area (Å²) in [5, 5.41) is 1.80. The molecular formula is C21H21ClF4N2O3S. The first kappa shape index (κ1) is 24.5. The van der Waals surface area contributed by atoms with Crippen LogP contribution in [0, 0.1) is 11.7 Å². The molecule has 0 bridgehead atoms. The second kappa shape index (κ2) is 9.36. The lowest BCUT2D eigenvalue weighted by Crippen LogP contribution is -2.41. The molecule has 0 aromatic heterocycles. The van der Waals surface area contributed by atoms with Crippen LogP contribution in [-0.4, -0.2) is 20.4 Å². The number of alkyl halides is 3. The van der Waals surface area contributed by atoms with Crippen molar-refractivity contribution in [3.05, 3.63) is 58.4 Å². The number of hydrogen-bond donors (Lipinski definition) is 2. The number of benzene rings is 2. The number of halogens is 5. The predicted octanol–water partition coefficient (Wildman–Crippen LogP) is 5.61. The fourth-order valence-corrected chi connectivity index (χ4v) is 5.23. The van der Waals surface area contributed by atoms with E-state index in [-0.39, 0.29) is 21.9 Å². The van der Waals surface area contributed by atoms with E-state index >= 15 is 0 Å². The van der Waals surface area contributed by atoms with Gasteiger partial charge in [0, 0.05) is 11.1 Å². The Labute approximate surface area is 188 Å². The molecule has 1 fully saturated rings. The molecule has 3 rings (SSSR count). The summed E-state index contributed by atoms with van der Waals surface area (Å²) in [7, 11) is -4.07. The largest absolute Gasteiger partial charge is 0.418 e. The molecule has 2 N–H and O–H groups in total. The van der Waals surface area contributed by atoms with Gasteiger partial charge in [-0.3, -0.25) is 4.79 Å². The summed E-state index contributed by atoms with van der Waals surface area (Å²) in [6.07, 6.45) is -1.42. The summed E-state index contributed by atoms with van der Waals surface area (Å²) in [5.74, 6) is -2.18. The zero-order chi connectivity index (χ0) is 23.7. The SMILES string of the molecule is CC1CCCCC1NS(=O)(=O)c1ccc(F)c(C(=O)Nc2ccc(Cl)cc2C(F)(F)F)c1. The maximum absolute atomic E-state index is 14.3. The van der Waals surface area contributed by atoms with Crippen LogP contribution in [0.4, 0.5) is 23.2 Å². The van der Waals surface area contributed by atoms with Gasteiger partial charge in [-0.2, -0.15) is 13.2 Å². The molecule has 1 aliphatic rings. The van der Waals surface area contributed by atoms with Gasteiger partial charge in [0.2, 0.25) is 10.0 Å². The molecule has 0 spiro atoms. The van der Waals surface area contributed by atoms with Crippen molar-refractivity contribution in [3.8, 4) is 0 Å². The van der Waals surface area contributed by atoms with E-state index in [0.717, 1.165) is 49.6 Å². The number of carbonyl (C=O) groups is 1. The van der Waals surface area contributed by atoms with Crippen LogP contribution in [-0.2, 0) is 16.2 Å². The second-order valence-electron chi connectivity index (χ2n) is 7.77. The van der Waals surface area contributed by atoms with Crippen LogP contribution in [0.2, 0.25) is 5.02 Å². The van der Waals surface area contributed by atoms with Crippen molar-refractivity contribution in [1.82, 2.24) is 4.72 Å². The Morgan fingerprint density at radius 2 is 1.78 bits per heavy atom. The third-order valence-electron chi connectivity index (χ3n) is 5.45. The fraction of sp³-hybridized carbons (Fsp3) is 0.381. The molecule has 11 heteroatoms. The van der Waals surface area contributed by atoms with Gasteiger partial charge in [0.1, 0.15) is 5.82 Å². The number of hydrogen-bond acceptors (Lipinski definition) is 3. The van der Waals surface area contributed by atoms with Gasteiger partial charge in [0.15, 0.2) is 0 Å². The lowest BCUT2D eigenvalue weighted by atomic mass is 9.87. The number of nitrogens with one attached hydrogen (secondary N) is 2. The molecule has 174 valence electrons. The molecule has 2 atom stereocenters. The Bertz CT molecular complexity index is 1120. The first-order chi connectivity index (χ1) is 14.9. The monoisotopic (exact) mass is 492 g/mol. The molecular weight excluding hydrogens is 472 g/mol. The third-order valence-corrected chi connectivity index (χ3v) is 7.17. The van der Waals surface area contributed by atoms with Crippen LogP contribution in [0.25, 0.3) is 0 Å². The maximum Gasteiger partial charge on any atom is 0.418 e. The molecule has 32 heavy (non-hydrogen) atoms. The van der Waals surface area contributed by atoms with Gasteiger partial charge in [0.05, 0.1) is 21.7 Å². The minimum absolute atomic E-state index is 0.118. The number of rotatable bonds is 5. The molecule has 0 radical (unpaired) electrons. The van der Waals surface area contributed by atoms with Gasteiger partial charge in [-0.1, -0.05) is 31.4 Å². The van der Waals surface area contributed by atoms with Gasteiger partial charge < -0.3 is 5.32 Å².